The predicted molar refractivity (Wildman–Crippen MR) is 134 cm³/mol. The summed E-state index contributed by atoms with van der Waals surface area (Å²) in [5, 5.41) is 21.8. The first-order valence-electron chi connectivity index (χ1n) is 11.8. The van der Waals surface area contributed by atoms with E-state index in [1.165, 1.54) is 44.2 Å². The molecule has 3 heteroatoms. The third-order valence-corrected chi connectivity index (χ3v) is 7.87. The standard InChI is InChI=1S/C31H21N3/c32-17-19-11-23(18-33)29-15-22-14-21(28(29)12-19)13-20-9-10-24(16-27(20)22)34-30-7-3-1-5-25(30)26-6-2-4-8-31(26)34/h1-12,16,21-22H,13-15H2. The van der Waals surface area contributed by atoms with Gasteiger partial charge in [0, 0.05) is 16.5 Å². The number of benzene rings is 4. The molecular weight excluding hydrogens is 414 g/mol. The molecule has 5 aromatic rings. The number of rotatable bonds is 1. The van der Waals surface area contributed by atoms with Crippen LogP contribution in [0.2, 0.25) is 0 Å². The van der Waals surface area contributed by atoms with Gasteiger partial charge in [0.1, 0.15) is 0 Å². The first kappa shape index (κ1) is 19.2. The summed E-state index contributed by atoms with van der Waals surface area (Å²) in [5.74, 6) is 0.773. The van der Waals surface area contributed by atoms with Crippen molar-refractivity contribution < 1.29 is 0 Å². The van der Waals surface area contributed by atoms with Crippen LogP contribution >= 0.6 is 0 Å². The molecule has 2 aliphatic carbocycles. The minimum Gasteiger partial charge on any atom is -0.309 e. The molecule has 1 aromatic heterocycles. The van der Waals surface area contributed by atoms with Gasteiger partial charge in [0.2, 0.25) is 0 Å². The molecule has 0 saturated carbocycles. The fourth-order valence-corrected chi connectivity index (χ4v) is 6.43. The van der Waals surface area contributed by atoms with E-state index in [4.69, 9.17) is 0 Å². The maximum absolute atomic E-state index is 9.78. The van der Waals surface area contributed by atoms with Gasteiger partial charge in [0.25, 0.3) is 0 Å². The third-order valence-electron chi connectivity index (χ3n) is 7.87. The van der Waals surface area contributed by atoms with Crippen molar-refractivity contribution in [3.05, 3.63) is 112 Å². The van der Waals surface area contributed by atoms with Crippen LogP contribution in [0.3, 0.4) is 0 Å². The lowest BCUT2D eigenvalue weighted by Gasteiger charge is -2.38. The largest absolute Gasteiger partial charge is 0.309 e. The number of para-hydroxylation sites is 2. The van der Waals surface area contributed by atoms with Crippen LogP contribution in [0.5, 0.6) is 0 Å². The van der Waals surface area contributed by atoms with E-state index in [-0.39, 0.29) is 0 Å². The quantitative estimate of drug-likeness (QED) is 0.288. The Labute approximate surface area is 198 Å². The number of hydrogen-bond donors (Lipinski definition) is 0. The van der Waals surface area contributed by atoms with Gasteiger partial charge in [0.05, 0.1) is 34.3 Å². The van der Waals surface area contributed by atoms with E-state index in [1.807, 2.05) is 6.07 Å². The van der Waals surface area contributed by atoms with Crippen molar-refractivity contribution in [2.45, 2.75) is 31.1 Å². The Hall–Kier alpha value is -4.34. The van der Waals surface area contributed by atoms with E-state index in [9.17, 15) is 10.5 Å². The molecule has 0 fully saturated rings. The first-order chi connectivity index (χ1) is 16.7. The molecule has 0 amide bonds. The Morgan fingerprint density at radius 3 is 2.12 bits per heavy atom. The average molecular weight is 436 g/mol. The lowest BCUT2D eigenvalue weighted by Crippen LogP contribution is -2.26. The lowest BCUT2D eigenvalue weighted by atomic mass is 9.65. The van der Waals surface area contributed by atoms with E-state index in [1.54, 1.807) is 6.07 Å². The van der Waals surface area contributed by atoms with Gasteiger partial charge < -0.3 is 4.57 Å². The zero-order valence-corrected chi connectivity index (χ0v) is 18.6. The van der Waals surface area contributed by atoms with E-state index in [2.05, 4.69) is 83.4 Å². The van der Waals surface area contributed by atoms with Crippen LogP contribution in [0.4, 0.5) is 0 Å². The summed E-state index contributed by atoms with van der Waals surface area (Å²) in [6, 6.07) is 32.6. The minimum absolute atomic E-state index is 0.376. The molecule has 0 radical (unpaired) electrons. The fraction of sp³-hybridized carbons (Fsp3) is 0.161. The summed E-state index contributed by atoms with van der Waals surface area (Å²) in [5.41, 5.74) is 10.1. The summed E-state index contributed by atoms with van der Waals surface area (Å²) in [7, 11) is 0. The second-order valence-corrected chi connectivity index (χ2v) is 9.61. The Kier molecular flexibility index (Phi) is 3.99. The molecule has 160 valence electrons. The second-order valence-electron chi connectivity index (χ2n) is 9.61. The predicted octanol–water partition coefficient (Wildman–Crippen LogP) is 6.90. The highest BCUT2D eigenvalue weighted by Crippen LogP contribution is 2.48. The summed E-state index contributed by atoms with van der Waals surface area (Å²) >= 11 is 0. The molecule has 2 bridgehead atoms. The molecule has 7 rings (SSSR count). The van der Waals surface area contributed by atoms with Crippen molar-refractivity contribution in [1.82, 2.24) is 4.57 Å². The number of nitrogens with zero attached hydrogens (tertiary/aromatic N) is 3. The Morgan fingerprint density at radius 2 is 1.41 bits per heavy atom. The molecule has 34 heavy (non-hydrogen) atoms. The molecule has 0 spiro atoms. The highest BCUT2D eigenvalue weighted by atomic mass is 15.0. The third kappa shape index (κ3) is 2.62. The maximum atomic E-state index is 9.78. The molecule has 2 atom stereocenters. The number of fused-ring (bicyclic) bond motifs is 9. The van der Waals surface area contributed by atoms with Gasteiger partial charge in [-0.05, 0) is 89.8 Å². The van der Waals surface area contributed by atoms with Crippen LogP contribution in [0, 0.1) is 22.7 Å². The first-order valence-corrected chi connectivity index (χ1v) is 11.8. The van der Waals surface area contributed by atoms with Crippen LogP contribution in [0.1, 0.15) is 51.6 Å². The molecule has 0 aliphatic heterocycles. The highest BCUT2D eigenvalue weighted by Gasteiger charge is 2.35. The van der Waals surface area contributed by atoms with E-state index < -0.39 is 0 Å². The van der Waals surface area contributed by atoms with Gasteiger partial charge in [-0.15, -0.1) is 0 Å². The molecular formula is C31H21N3. The van der Waals surface area contributed by atoms with Crippen molar-refractivity contribution in [1.29, 1.82) is 10.5 Å². The number of nitriles is 2. The van der Waals surface area contributed by atoms with Gasteiger partial charge in [-0.25, -0.2) is 0 Å². The number of aromatic nitrogens is 1. The lowest BCUT2D eigenvalue weighted by molar-refractivity contribution is 0.457. The molecule has 0 saturated heterocycles. The molecule has 3 nitrogen and oxygen atoms in total. The topological polar surface area (TPSA) is 52.5 Å². The SMILES string of the molecule is N#Cc1cc(C#N)c2c(c1)C1Cc3ccc(-n4c5ccccc5c5ccccc54)cc3C(C2)C1. The fourth-order valence-electron chi connectivity index (χ4n) is 6.43. The van der Waals surface area contributed by atoms with Crippen LogP contribution < -0.4 is 0 Å². The zero-order chi connectivity index (χ0) is 22.8. The molecule has 2 unspecified atom stereocenters. The van der Waals surface area contributed by atoms with E-state index in [0.29, 0.717) is 23.0 Å². The van der Waals surface area contributed by atoms with Gasteiger partial charge >= 0.3 is 0 Å². The Balaban J connectivity index is 1.40. The van der Waals surface area contributed by atoms with Crippen molar-refractivity contribution >= 4 is 21.8 Å². The van der Waals surface area contributed by atoms with Crippen molar-refractivity contribution in [3.8, 4) is 17.8 Å². The van der Waals surface area contributed by atoms with Crippen molar-refractivity contribution in [3.63, 3.8) is 0 Å². The highest BCUT2D eigenvalue weighted by molar-refractivity contribution is 6.09. The number of hydrogen-bond acceptors (Lipinski definition) is 2. The van der Waals surface area contributed by atoms with Gasteiger partial charge in [-0.3, -0.25) is 0 Å². The monoisotopic (exact) mass is 435 g/mol. The smallest absolute Gasteiger partial charge is 0.0995 e. The average Bonchev–Trinajstić information content (AvgIpc) is 3.23. The van der Waals surface area contributed by atoms with Gasteiger partial charge in [-0.2, -0.15) is 10.5 Å². The molecule has 1 heterocycles. The van der Waals surface area contributed by atoms with Crippen LogP contribution in [0.25, 0.3) is 27.5 Å². The van der Waals surface area contributed by atoms with Gasteiger partial charge in [-0.1, -0.05) is 42.5 Å². The molecule has 4 aromatic carbocycles. The maximum Gasteiger partial charge on any atom is 0.0995 e. The summed E-state index contributed by atoms with van der Waals surface area (Å²) in [6.45, 7) is 0. The molecule has 0 N–H and O–H groups in total. The summed E-state index contributed by atoms with van der Waals surface area (Å²) < 4.78 is 2.38. The van der Waals surface area contributed by atoms with E-state index in [0.717, 1.165) is 24.8 Å². The van der Waals surface area contributed by atoms with Crippen LogP contribution in [0.15, 0.2) is 78.9 Å². The Bertz CT molecular complexity index is 1670. The second kappa shape index (κ2) is 7.08. The molecule has 2 aliphatic rings. The summed E-state index contributed by atoms with van der Waals surface area (Å²) in [6.07, 6.45) is 2.91. The summed E-state index contributed by atoms with van der Waals surface area (Å²) in [4.78, 5) is 0. The van der Waals surface area contributed by atoms with Crippen molar-refractivity contribution in [2.75, 3.05) is 0 Å². The van der Waals surface area contributed by atoms with Crippen LogP contribution in [-0.4, -0.2) is 4.57 Å². The zero-order valence-electron chi connectivity index (χ0n) is 18.6. The van der Waals surface area contributed by atoms with Gasteiger partial charge in [0.15, 0.2) is 0 Å². The Morgan fingerprint density at radius 1 is 0.706 bits per heavy atom. The minimum atomic E-state index is 0.376. The van der Waals surface area contributed by atoms with Crippen LogP contribution in [-0.2, 0) is 12.8 Å². The van der Waals surface area contributed by atoms with Crippen molar-refractivity contribution in [2.24, 2.45) is 0 Å². The van der Waals surface area contributed by atoms with E-state index >= 15 is 0 Å². The normalized spacial score (nSPS) is 18.2.